The highest BCUT2D eigenvalue weighted by Crippen LogP contribution is 2.19. The highest BCUT2D eigenvalue weighted by Gasteiger charge is 2.12. The van der Waals surface area contributed by atoms with E-state index in [0.717, 1.165) is 0 Å². The first kappa shape index (κ1) is 18.3. The predicted molar refractivity (Wildman–Crippen MR) is 97.8 cm³/mol. The second-order valence-electron chi connectivity index (χ2n) is 5.40. The van der Waals surface area contributed by atoms with E-state index in [0.29, 0.717) is 25.6 Å². The van der Waals surface area contributed by atoms with E-state index in [1.165, 1.54) is 30.6 Å². The molecule has 3 rings (SSSR count). The third kappa shape index (κ3) is 4.00. The van der Waals surface area contributed by atoms with Crippen molar-refractivity contribution in [1.29, 1.82) is 0 Å². The van der Waals surface area contributed by atoms with Crippen molar-refractivity contribution in [2.75, 3.05) is 7.11 Å². The van der Waals surface area contributed by atoms with Crippen molar-refractivity contribution < 1.29 is 18.7 Å². The summed E-state index contributed by atoms with van der Waals surface area (Å²) in [5.74, 6) is -1.20. The molecule has 0 atom stereocenters. The molecule has 134 valence electrons. The molecule has 0 fully saturated rings. The molecule has 1 amide bonds. The van der Waals surface area contributed by atoms with Crippen LogP contribution in [0.1, 0.15) is 16.8 Å². The topological polar surface area (TPSA) is 60.7 Å². The summed E-state index contributed by atoms with van der Waals surface area (Å²) >= 11 is 7.01. The maximum Gasteiger partial charge on any atom is 0.307 e. The Bertz CT molecular complexity index is 1040. The minimum atomic E-state index is -0.444. The first-order valence-corrected chi connectivity index (χ1v) is 8.87. The number of fused-ring (bicyclic) bond motifs is 1. The Morgan fingerprint density at radius 1 is 1.23 bits per heavy atom. The maximum absolute atomic E-state index is 13.5. The zero-order valence-corrected chi connectivity index (χ0v) is 15.3. The average Bonchev–Trinajstić information content (AvgIpc) is 2.96. The smallest absolute Gasteiger partial charge is 0.307 e. The second-order valence-corrected chi connectivity index (χ2v) is 6.84. The number of amides is 1. The number of aryl methyl sites for hydroxylation is 1. The van der Waals surface area contributed by atoms with Gasteiger partial charge in [-0.15, -0.1) is 0 Å². The number of aromatic nitrogens is 1. The average molecular weight is 393 g/mol. The molecule has 2 aromatic carbocycles. The molecule has 5 nitrogen and oxygen atoms in total. The van der Waals surface area contributed by atoms with E-state index in [4.69, 9.17) is 11.6 Å². The number of esters is 1. The molecule has 1 heterocycles. The predicted octanol–water partition coefficient (Wildman–Crippen LogP) is 3.80. The van der Waals surface area contributed by atoms with Crippen LogP contribution in [-0.2, 0) is 16.1 Å². The van der Waals surface area contributed by atoms with Gasteiger partial charge in [-0.05, 0) is 42.5 Å². The number of thiazole rings is 1. The van der Waals surface area contributed by atoms with Crippen LogP contribution in [0.5, 0.6) is 0 Å². The van der Waals surface area contributed by atoms with Crippen LogP contribution in [0.15, 0.2) is 47.5 Å². The van der Waals surface area contributed by atoms with E-state index >= 15 is 0 Å². The monoisotopic (exact) mass is 392 g/mol. The largest absolute Gasteiger partial charge is 0.469 e. The van der Waals surface area contributed by atoms with Gasteiger partial charge in [-0.2, -0.15) is 4.99 Å². The van der Waals surface area contributed by atoms with E-state index < -0.39 is 5.91 Å². The molecule has 1 aromatic heterocycles. The summed E-state index contributed by atoms with van der Waals surface area (Å²) in [6.45, 7) is 0.269. The number of rotatable bonds is 4. The quantitative estimate of drug-likeness (QED) is 0.634. The Labute approximate surface area is 157 Å². The van der Waals surface area contributed by atoms with Crippen LogP contribution < -0.4 is 4.80 Å². The lowest BCUT2D eigenvalue weighted by Gasteiger charge is -2.04. The number of nitrogens with zero attached hydrogens (tertiary/aromatic N) is 2. The third-order valence-corrected chi connectivity index (χ3v) is 4.99. The first-order valence-electron chi connectivity index (χ1n) is 7.68. The molecule has 3 aromatic rings. The Hall–Kier alpha value is -2.51. The van der Waals surface area contributed by atoms with Crippen molar-refractivity contribution in [1.82, 2.24) is 4.57 Å². The molecule has 0 saturated heterocycles. The van der Waals surface area contributed by atoms with Gasteiger partial charge in [0.1, 0.15) is 5.82 Å². The van der Waals surface area contributed by atoms with Crippen molar-refractivity contribution in [2.24, 2.45) is 4.99 Å². The van der Waals surface area contributed by atoms with Gasteiger partial charge in [0.2, 0.25) is 0 Å². The molecule has 0 bridgehead atoms. The van der Waals surface area contributed by atoms with Gasteiger partial charge in [0.15, 0.2) is 4.80 Å². The van der Waals surface area contributed by atoms with E-state index in [1.807, 2.05) is 0 Å². The zero-order valence-electron chi connectivity index (χ0n) is 13.7. The third-order valence-electron chi connectivity index (χ3n) is 3.70. The first-order chi connectivity index (χ1) is 12.5. The number of carbonyl (C=O) groups excluding carboxylic acids is 2. The van der Waals surface area contributed by atoms with Gasteiger partial charge in [0.25, 0.3) is 5.91 Å². The van der Waals surface area contributed by atoms with Crippen LogP contribution in [0.4, 0.5) is 4.39 Å². The highest BCUT2D eigenvalue weighted by atomic mass is 35.5. The van der Waals surface area contributed by atoms with Crippen molar-refractivity contribution in [3.63, 3.8) is 0 Å². The Balaban J connectivity index is 2.06. The molecule has 0 aliphatic carbocycles. The lowest BCUT2D eigenvalue weighted by atomic mass is 10.2. The van der Waals surface area contributed by atoms with Crippen LogP contribution >= 0.6 is 22.9 Å². The van der Waals surface area contributed by atoms with E-state index in [1.54, 1.807) is 34.9 Å². The maximum atomic E-state index is 13.5. The van der Waals surface area contributed by atoms with Gasteiger partial charge in [0, 0.05) is 17.1 Å². The van der Waals surface area contributed by atoms with Gasteiger partial charge in [-0.1, -0.05) is 22.9 Å². The van der Waals surface area contributed by atoms with Crippen LogP contribution in [-0.4, -0.2) is 23.6 Å². The van der Waals surface area contributed by atoms with Gasteiger partial charge in [0.05, 0.1) is 23.7 Å². The Morgan fingerprint density at radius 2 is 1.96 bits per heavy atom. The van der Waals surface area contributed by atoms with Crippen molar-refractivity contribution in [3.8, 4) is 0 Å². The Morgan fingerprint density at radius 3 is 2.65 bits per heavy atom. The number of hydrogen-bond donors (Lipinski definition) is 0. The molecule has 0 aliphatic rings. The summed E-state index contributed by atoms with van der Waals surface area (Å²) in [5.41, 5.74) is 1.08. The van der Waals surface area contributed by atoms with Gasteiger partial charge in [-0.3, -0.25) is 9.59 Å². The number of methoxy groups -OCH3 is 1. The molecule has 0 aliphatic heterocycles. The van der Waals surface area contributed by atoms with Crippen LogP contribution in [0.25, 0.3) is 10.2 Å². The zero-order chi connectivity index (χ0) is 18.7. The van der Waals surface area contributed by atoms with Crippen molar-refractivity contribution in [3.05, 3.63) is 63.7 Å². The lowest BCUT2D eigenvalue weighted by Crippen LogP contribution is -2.19. The molecule has 26 heavy (non-hydrogen) atoms. The molecule has 0 radical (unpaired) electrons. The molecular formula is C18H14ClFN2O3S. The van der Waals surface area contributed by atoms with E-state index in [9.17, 15) is 14.0 Å². The van der Waals surface area contributed by atoms with E-state index in [-0.39, 0.29) is 24.8 Å². The SMILES string of the molecule is COC(=O)CCn1c(=NC(=O)c2ccc(Cl)cc2)sc2cc(F)ccc21. The van der Waals surface area contributed by atoms with Crippen LogP contribution in [0, 0.1) is 5.82 Å². The fourth-order valence-electron chi connectivity index (χ4n) is 2.40. The molecule has 0 unspecified atom stereocenters. The normalized spacial score (nSPS) is 11.7. The minimum Gasteiger partial charge on any atom is -0.469 e. The summed E-state index contributed by atoms with van der Waals surface area (Å²) in [7, 11) is 1.31. The van der Waals surface area contributed by atoms with Crippen molar-refractivity contribution in [2.45, 2.75) is 13.0 Å². The Kier molecular flexibility index (Phi) is 5.49. The van der Waals surface area contributed by atoms with Gasteiger partial charge < -0.3 is 9.30 Å². The summed E-state index contributed by atoms with van der Waals surface area (Å²) in [5, 5.41) is 0.520. The lowest BCUT2D eigenvalue weighted by molar-refractivity contribution is -0.140. The summed E-state index contributed by atoms with van der Waals surface area (Å²) in [6.07, 6.45) is 0.113. The highest BCUT2D eigenvalue weighted by molar-refractivity contribution is 7.16. The standard InChI is InChI=1S/C18H14ClFN2O3S/c1-25-16(23)8-9-22-14-7-6-13(20)10-15(14)26-18(22)21-17(24)11-2-4-12(19)5-3-11/h2-7,10H,8-9H2,1H3. The summed E-state index contributed by atoms with van der Waals surface area (Å²) in [4.78, 5) is 28.5. The van der Waals surface area contributed by atoms with Gasteiger partial charge >= 0.3 is 5.97 Å². The fraction of sp³-hybridized carbons (Fsp3) is 0.167. The number of hydrogen-bond acceptors (Lipinski definition) is 4. The molecule has 0 N–H and O–H groups in total. The molecule has 0 spiro atoms. The van der Waals surface area contributed by atoms with Gasteiger partial charge in [-0.25, -0.2) is 4.39 Å². The molecule has 0 saturated carbocycles. The van der Waals surface area contributed by atoms with Crippen LogP contribution in [0.3, 0.4) is 0 Å². The van der Waals surface area contributed by atoms with Crippen molar-refractivity contribution >= 4 is 45.0 Å². The fourth-order valence-corrected chi connectivity index (χ4v) is 3.60. The van der Waals surface area contributed by atoms with Crippen LogP contribution in [0.2, 0.25) is 5.02 Å². The molecular weight excluding hydrogens is 379 g/mol. The minimum absolute atomic E-state index is 0.113. The summed E-state index contributed by atoms with van der Waals surface area (Å²) < 4.78 is 20.5. The molecule has 8 heteroatoms. The summed E-state index contributed by atoms with van der Waals surface area (Å²) in [6, 6.07) is 10.7. The number of carbonyl (C=O) groups is 2. The van der Waals surface area contributed by atoms with E-state index in [2.05, 4.69) is 9.73 Å². The second kappa shape index (κ2) is 7.80. The number of halogens is 2. The number of ether oxygens (including phenoxy) is 1. The number of benzene rings is 2.